The Labute approximate surface area is 123 Å². The lowest BCUT2D eigenvalue weighted by Crippen LogP contribution is -2.51. The highest BCUT2D eigenvalue weighted by Gasteiger charge is 2.26. The van der Waals surface area contributed by atoms with Crippen LogP contribution in [0.5, 0.6) is 0 Å². The molecular weight excluding hydrogens is 250 g/mol. The van der Waals surface area contributed by atoms with Gasteiger partial charge in [0.15, 0.2) is 0 Å². The van der Waals surface area contributed by atoms with E-state index < -0.39 is 0 Å². The zero-order valence-corrected chi connectivity index (χ0v) is 13.2. The number of carbonyl (C=O) groups excluding carboxylic acids is 1. The van der Waals surface area contributed by atoms with Crippen molar-refractivity contribution in [2.24, 2.45) is 5.92 Å². The van der Waals surface area contributed by atoms with Gasteiger partial charge in [0, 0.05) is 32.2 Å². The molecule has 0 radical (unpaired) electrons. The van der Waals surface area contributed by atoms with Crippen molar-refractivity contribution >= 4 is 5.91 Å². The summed E-state index contributed by atoms with van der Waals surface area (Å²) >= 11 is 0. The molecule has 116 valence electrons. The Bertz CT molecular complexity index is 294. The van der Waals surface area contributed by atoms with E-state index in [1.54, 1.807) is 0 Å². The molecule has 1 saturated carbocycles. The Balaban J connectivity index is 1.86. The summed E-state index contributed by atoms with van der Waals surface area (Å²) in [5.41, 5.74) is 0. The molecule has 0 aromatic rings. The minimum absolute atomic E-state index is 0.335. The topological polar surface area (TPSA) is 35.6 Å². The number of nitrogens with one attached hydrogen (secondary N) is 1. The lowest BCUT2D eigenvalue weighted by atomic mass is 10.1. The van der Waals surface area contributed by atoms with Gasteiger partial charge < -0.3 is 10.2 Å². The van der Waals surface area contributed by atoms with Gasteiger partial charge in [0.25, 0.3) is 0 Å². The van der Waals surface area contributed by atoms with Crippen molar-refractivity contribution in [3.63, 3.8) is 0 Å². The summed E-state index contributed by atoms with van der Waals surface area (Å²) in [5.74, 6) is 1.05. The first-order valence-corrected chi connectivity index (χ1v) is 8.39. The number of nitrogens with zero attached hydrogens (tertiary/aromatic N) is 2. The Morgan fingerprint density at radius 3 is 2.50 bits per heavy atom. The van der Waals surface area contributed by atoms with Crippen molar-refractivity contribution in [3.8, 4) is 0 Å². The molecule has 4 heteroatoms. The Kier molecular flexibility index (Phi) is 6.30. The number of carbonyl (C=O) groups is 1. The van der Waals surface area contributed by atoms with E-state index in [1.807, 2.05) is 4.90 Å². The average Bonchev–Trinajstić information content (AvgIpc) is 2.98. The summed E-state index contributed by atoms with van der Waals surface area (Å²) in [7, 11) is 0. The molecule has 1 saturated heterocycles. The van der Waals surface area contributed by atoms with Gasteiger partial charge in [-0.05, 0) is 31.7 Å². The lowest BCUT2D eigenvalue weighted by Gasteiger charge is -2.33. The zero-order chi connectivity index (χ0) is 14.4. The van der Waals surface area contributed by atoms with E-state index in [2.05, 4.69) is 24.1 Å². The maximum atomic E-state index is 12.5. The average molecular weight is 281 g/mol. The smallest absolute Gasteiger partial charge is 0.236 e. The van der Waals surface area contributed by atoms with Gasteiger partial charge in [-0.1, -0.05) is 26.7 Å². The predicted molar refractivity (Wildman–Crippen MR) is 82.7 cm³/mol. The first-order valence-electron chi connectivity index (χ1n) is 8.39. The van der Waals surface area contributed by atoms with Gasteiger partial charge in [-0.25, -0.2) is 0 Å². The fourth-order valence-corrected chi connectivity index (χ4v) is 3.27. The van der Waals surface area contributed by atoms with Crippen molar-refractivity contribution in [3.05, 3.63) is 0 Å². The molecule has 20 heavy (non-hydrogen) atoms. The normalized spacial score (nSPS) is 21.1. The van der Waals surface area contributed by atoms with Crippen LogP contribution in [0.15, 0.2) is 0 Å². The lowest BCUT2D eigenvalue weighted by molar-refractivity contribution is -0.133. The zero-order valence-electron chi connectivity index (χ0n) is 13.2. The Morgan fingerprint density at radius 2 is 1.90 bits per heavy atom. The number of hydrogen-bond acceptors (Lipinski definition) is 3. The number of rotatable bonds is 6. The molecule has 1 aliphatic heterocycles. The molecule has 0 atom stereocenters. The van der Waals surface area contributed by atoms with Crippen LogP contribution in [0.1, 0.15) is 46.0 Å². The van der Waals surface area contributed by atoms with Gasteiger partial charge in [-0.3, -0.25) is 9.69 Å². The third-order valence-electron chi connectivity index (χ3n) is 4.64. The Hall–Kier alpha value is -0.610. The van der Waals surface area contributed by atoms with Gasteiger partial charge in [-0.2, -0.15) is 0 Å². The minimum Gasteiger partial charge on any atom is -0.339 e. The van der Waals surface area contributed by atoms with Crippen LogP contribution >= 0.6 is 0 Å². The molecule has 2 fully saturated rings. The summed E-state index contributed by atoms with van der Waals surface area (Å²) in [6.45, 7) is 9.90. The molecule has 1 aliphatic carbocycles. The second-order valence-electron chi connectivity index (χ2n) is 6.72. The first kappa shape index (κ1) is 15.8. The fraction of sp³-hybridized carbons (Fsp3) is 0.938. The molecule has 0 bridgehead atoms. The van der Waals surface area contributed by atoms with Gasteiger partial charge in [0.2, 0.25) is 5.91 Å². The van der Waals surface area contributed by atoms with Crippen molar-refractivity contribution in [2.75, 3.05) is 39.3 Å². The molecule has 0 spiro atoms. The van der Waals surface area contributed by atoms with Crippen molar-refractivity contribution in [1.82, 2.24) is 15.1 Å². The summed E-state index contributed by atoms with van der Waals surface area (Å²) in [5, 5.41) is 3.31. The van der Waals surface area contributed by atoms with Crippen LogP contribution in [0, 0.1) is 5.92 Å². The second-order valence-corrected chi connectivity index (χ2v) is 6.72. The highest BCUT2D eigenvalue weighted by atomic mass is 16.2. The van der Waals surface area contributed by atoms with E-state index in [-0.39, 0.29) is 0 Å². The maximum absolute atomic E-state index is 12.5. The van der Waals surface area contributed by atoms with E-state index >= 15 is 0 Å². The van der Waals surface area contributed by atoms with Gasteiger partial charge in [0.05, 0.1) is 6.54 Å². The van der Waals surface area contributed by atoms with Crippen LogP contribution in [-0.4, -0.2) is 61.0 Å². The van der Waals surface area contributed by atoms with Crippen molar-refractivity contribution < 1.29 is 4.79 Å². The number of piperazine rings is 1. The van der Waals surface area contributed by atoms with Gasteiger partial charge in [0.1, 0.15) is 0 Å². The maximum Gasteiger partial charge on any atom is 0.236 e. The number of hydrogen-bond donors (Lipinski definition) is 1. The van der Waals surface area contributed by atoms with Crippen LogP contribution in [0.3, 0.4) is 0 Å². The van der Waals surface area contributed by atoms with Crippen LogP contribution < -0.4 is 5.32 Å². The molecule has 1 heterocycles. The summed E-state index contributed by atoms with van der Waals surface area (Å²) < 4.78 is 0. The third kappa shape index (κ3) is 4.74. The molecule has 2 rings (SSSR count). The Morgan fingerprint density at radius 1 is 1.25 bits per heavy atom. The molecule has 2 aliphatic rings. The molecule has 4 nitrogen and oxygen atoms in total. The SMILES string of the molecule is CC(C)CCN(CC(=O)N1CCNCC1)C1CCCC1. The van der Waals surface area contributed by atoms with Crippen LogP contribution in [0.2, 0.25) is 0 Å². The molecule has 0 unspecified atom stereocenters. The van der Waals surface area contributed by atoms with Crippen LogP contribution in [0.4, 0.5) is 0 Å². The number of amides is 1. The highest BCUT2D eigenvalue weighted by molar-refractivity contribution is 5.78. The largest absolute Gasteiger partial charge is 0.339 e. The van der Waals surface area contributed by atoms with Crippen LogP contribution in [0.25, 0.3) is 0 Å². The van der Waals surface area contributed by atoms with Crippen molar-refractivity contribution in [2.45, 2.75) is 52.0 Å². The fourth-order valence-electron chi connectivity index (χ4n) is 3.27. The highest BCUT2D eigenvalue weighted by Crippen LogP contribution is 2.24. The molecule has 1 amide bonds. The van der Waals surface area contributed by atoms with Crippen LogP contribution in [-0.2, 0) is 4.79 Å². The van der Waals surface area contributed by atoms with E-state index in [4.69, 9.17) is 0 Å². The van der Waals surface area contributed by atoms with E-state index in [1.165, 1.54) is 32.1 Å². The first-order chi connectivity index (χ1) is 9.66. The van der Waals surface area contributed by atoms with E-state index in [9.17, 15) is 4.79 Å². The van der Waals surface area contributed by atoms with Gasteiger partial charge in [-0.15, -0.1) is 0 Å². The second kappa shape index (κ2) is 7.99. The third-order valence-corrected chi connectivity index (χ3v) is 4.64. The summed E-state index contributed by atoms with van der Waals surface area (Å²) in [6.07, 6.45) is 6.44. The summed E-state index contributed by atoms with van der Waals surface area (Å²) in [6, 6.07) is 0.653. The summed E-state index contributed by atoms with van der Waals surface area (Å²) in [4.78, 5) is 17.0. The van der Waals surface area contributed by atoms with Gasteiger partial charge >= 0.3 is 0 Å². The predicted octanol–water partition coefficient (Wildman–Crippen LogP) is 1.71. The molecule has 0 aromatic heterocycles. The van der Waals surface area contributed by atoms with Crippen molar-refractivity contribution in [1.29, 1.82) is 0 Å². The quantitative estimate of drug-likeness (QED) is 0.805. The van der Waals surface area contributed by atoms with E-state index in [0.29, 0.717) is 24.4 Å². The molecular formula is C16H31N3O. The monoisotopic (exact) mass is 281 g/mol. The minimum atomic E-state index is 0.335. The standard InChI is InChI=1S/C16H31N3O/c1-14(2)7-10-19(15-5-3-4-6-15)13-16(20)18-11-8-17-9-12-18/h14-15,17H,3-13H2,1-2H3. The van der Waals surface area contributed by atoms with E-state index in [0.717, 1.165) is 32.7 Å². The molecule has 1 N–H and O–H groups in total. The molecule has 0 aromatic carbocycles.